The van der Waals surface area contributed by atoms with Gasteiger partial charge >= 0.3 is 24.0 Å². The van der Waals surface area contributed by atoms with Crippen LogP contribution in [-0.4, -0.2) is 114 Å². The number of fused-ring (bicyclic) bond motifs is 5. The maximum Gasteiger partial charge on any atom is 0.408 e. The van der Waals surface area contributed by atoms with E-state index in [1.54, 1.807) is 109 Å². The van der Waals surface area contributed by atoms with Crippen LogP contribution in [0.15, 0.2) is 71.8 Å². The Morgan fingerprint density at radius 2 is 1.55 bits per heavy atom. The highest BCUT2D eigenvalue weighted by Gasteiger charge is 2.78. The molecule has 9 unspecified atom stereocenters. The first-order chi connectivity index (χ1) is 28.1. The number of alkyl carbamates (subject to hydrolysis) is 1. The fraction of sp³-hybridized carbons (Fsp3) is 0.578. The Kier molecular flexibility index (Phi) is 12.2. The van der Waals surface area contributed by atoms with Crippen LogP contribution in [0.1, 0.15) is 90.2 Å². The average Bonchev–Trinajstić information content (AvgIpc) is 3.18. The van der Waals surface area contributed by atoms with Gasteiger partial charge in [0.1, 0.15) is 35.6 Å². The molecule has 2 aromatic carbocycles. The van der Waals surface area contributed by atoms with Gasteiger partial charge in [0, 0.05) is 39.4 Å². The number of hydrogen-bond donors (Lipinski definition) is 3. The van der Waals surface area contributed by atoms with Gasteiger partial charge in [-0.3, -0.25) is 9.59 Å². The molecule has 15 heteroatoms. The first-order valence-corrected chi connectivity index (χ1v) is 20.1. The largest absolute Gasteiger partial charge is 0.456 e. The van der Waals surface area contributed by atoms with Gasteiger partial charge in [-0.1, -0.05) is 62.4 Å². The second-order valence-electron chi connectivity index (χ2n) is 18.0. The fourth-order valence-electron chi connectivity index (χ4n) is 10.1. The predicted molar refractivity (Wildman–Crippen MR) is 213 cm³/mol. The van der Waals surface area contributed by atoms with Gasteiger partial charge in [-0.15, -0.1) is 0 Å². The first-order valence-electron chi connectivity index (χ1n) is 20.1. The number of Topliss-reactive ketones (excluding diaryl/α,β-unsaturated/α-hetero) is 1. The van der Waals surface area contributed by atoms with Gasteiger partial charge in [0.05, 0.1) is 35.6 Å². The van der Waals surface area contributed by atoms with E-state index in [0.29, 0.717) is 11.1 Å². The lowest BCUT2D eigenvalue weighted by Crippen LogP contribution is -2.82. The van der Waals surface area contributed by atoms with Gasteiger partial charge in [0.15, 0.2) is 17.5 Å². The molecule has 1 amide bonds. The molecule has 2 aromatic rings. The summed E-state index contributed by atoms with van der Waals surface area (Å²) in [5.41, 5.74) is -6.72. The number of methoxy groups -OCH3 is 2. The van der Waals surface area contributed by atoms with Gasteiger partial charge in [-0.05, 0) is 63.5 Å². The number of nitrogens with one attached hydrogen (secondary N) is 1. The zero-order chi connectivity index (χ0) is 44.2. The molecule has 60 heavy (non-hydrogen) atoms. The van der Waals surface area contributed by atoms with Crippen molar-refractivity contribution in [2.24, 2.45) is 16.7 Å². The number of aliphatic hydroxyl groups is 2. The van der Waals surface area contributed by atoms with Crippen LogP contribution in [0.4, 0.5) is 4.79 Å². The highest BCUT2D eigenvalue weighted by Crippen LogP contribution is 2.64. The Hall–Kier alpha value is -4.67. The first kappa shape index (κ1) is 44.9. The van der Waals surface area contributed by atoms with Crippen molar-refractivity contribution in [1.29, 1.82) is 0 Å². The zero-order valence-corrected chi connectivity index (χ0v) is 35.8. The van der Waals surface area contributed by atoms with Crippen molar-refractivity contribution >= 4 is 29.8 Å². The Labute approximate surface area is 350 Å². The second-order valence-corrected chi connectivity index (χ2v) is 18.0. The lowest BCUT2D eigenvalue weighted by molar-refractivity contribution is -0.347. The summed E-state index contributed by atoms with van der Waals surface area (Å²) in [6.07, 6.45) is -9.31. The van der Waals surface area contributed by atoms with Crippen molar-refractivity contribution in [3.63, 3.8) is 0 Å². The van der Waals surface area contributed by atoms with E-state index >= 15 is 4.79 Å². The zero-order valence-electron chi connectivity index (χ0n) is 35.8. The number of amides is 1. The molecule has 15 nitrogen and oxygen atoms in total. The van der Waals surface area contributed by atoms with Crippen LogP contribution in [0.3, 0.4) is 0 Å². The highest BCUT2D eigenvalue weighted by atomic mass is 16.6. The van der Waals surface area contributed by atoms with E-state index < -0.39 is 112 Å². The third kappa shape index (κ3) is 7.52. The summed E-state index contributed by atoms with van der Waals surface area (Å²) in [5, 5.41) is 28.0. The van der Waals surface area contributed by atoms with Crippen molar-refractivity contribution in [1.82, 2.24) is 5.32 Å². The summed E-state index contributed by atoms with van der Waals surface area (Å²) in [4.78, 5) is 70.1. The molecule has 2 bridgehead atoms. The Bertz CT molecular complexity index is 2010. The van der Waals surface area contributed by atoms with Crippen LogP contribution in [0.25, 0.3) is 0 Å². The molecule has 11 atom stereocenters. The van der Waals surface area contributed by atoms with Crippen LogP contribution in [-0.2, 0) is 47.5 Å². The molecule has 4 aliphatic rings. The predicted octanol–water partition coefficient (Wildman–Crippen LogP) is 4.57. The van der Waals surface area contributed by atoms with Gasteiger partial charge in [-0.25, -0.2) is 14.4 Å². The van der Waals surface area contributed by atoms with Crippen molar-refractivity contribution in [3.8, 4) is 0 Å². The van der Waals surface area contributed by atoms with Gasteiger partial charge < -0.3 is 48.7 Å². The summed E-state index contributed by atoms with van der Waals surface area (Å²) < 4.78 is 42.4. The molecule has 3 N–H and O–H groups in total. The van der Waals surface area contributed by atoms with Crippen molar-refractivity contribution in [2.75, 3.05) is 20.8 Å². The summed E-state index contributed by atoms with van der Waals surface area (Å²) in [6.45, 7) is 12.7. The Morgan fingerprint density at radius 3 is 2.08 bits per heavy atom. The van der Waals surface area contributed by atoms with Gasteiger partial charge in [-0.2, -0.15) is 0 Å². The standard InChI is InChI=1S/C45H57NO14/c1-24-28(57-39(51)33(48)32(26-17-13-11-14-18-26)46-40(52)60-41(3,4)5)22-45(53)37(58-38(50)27-19-15-12-16-20-27)35-43(8,36(49)34(55-10)31(24)42(45,6)7)29(54-9)21-30-44(35,23-56-30)59-25(2)47/h11-20,28-30,32-35,37,48,53H,21-23H2,1-10H3,(H,46,52)/t28?,29?,30?,32-,33+,34?,35?,37?,43?,44?,45?/m0/s1. The van der Waals surface area contributed by atoms with E-state index in [9.17, 15) is 29.4 Å². The van der Waals surface area contributed by atoms with Crippen LogP contribution in [0.2, 0.25) is 0 Å². The lowest BCUT2D eigenvalue weighted by Gasteiger charge is -2.67. The molecule has 1 heterocycles. The maximum atomic E-state index is 15.5. The maximum absolute atomic E-state index is 15.5. The molecule has 0 radical (unpaired) electrons. The number of esters is 3. The Morgan fingerprint density at radius 1 is 0.933 bits per heavy atom. The number of aliphatic hydroxyl groups excluding tert-OH is 1. The van der Waals surface area contributed by atoms with E-state index in [1.165, 1.54) is 21.1 Å². The van der Waals surface area contributed by atoms with E-state index in [-0.39, 0.29) is 24.2 Å². The summed E-state index contributed by atoms with van der Waals surface area (Å²) >= 11 is 0. The number of ketones is 1. The summed E-state index contributed by atoms with van der Waals surface area (Å²) in [5.74, 6) is -4.52. The molecule has 6 rings (SSSR count). The topological polar surface area (TPSA) is 202 Å². The second kappa shape index (κ2) is 16.3. The van der Waals surface area contributed by atoms with Crippen molar-refractivity contribution < 1.29 is 67.3 Å². The summed E-state index contributed by atoms with van der Waals surface area (Å²) in [7, 11) is 2.78. The number of benzene rings is 2. The Balaban J connectivity index is 1.52. The molecule has 2 saturated carbocycles. The monoisotopic (exact) mass is 835 g/mol. The smallest absolute Gasteiger partial charge is 0.408 e. The molecule has 0 spiro atoms. The van der Waals surface area contributed by atoms with Crippen LogP contribution >= 0.6 is 0 Å². The highest BCUT2D eigenvalue weighted by molar-refractivity contribution is 5.94. The average molecular weight is 836 g/mol. The molecule has 3 aliphatic carbocycles. The molecule has 1 saturated heterocycles. The van der Waals surface area contributed by atoms with E-state index in [0.717, 1.165) is 0 Å². The molecular weight excluding hydrogens is 778 g/mol. The van der Waals surface area contributed by atoms with Gasteiger partial charge in [0.2, 0.25) is 0 Å². The van der Waals surface area contributed by atoms with E-state index in [1.807, 2.05) is 0 Å². The molecule has 326 valence electrons. The quantitative estimate of drug-likeness (QED) is 0.171. The van der Waals surface area contributed by atoms with E-state index in [2.05, 4.69) is 5.32 Å². The minimum absolute atomic E-state index is 0.121. The minimum atomic E-state index is -2.22. The van der Waals surface area contributed by atoms with Crippen molar-refractivity contribution in [3.05, 3.63) is 82.9 Å². The van der Waals surface area contributed by atoms with Crippen LogP contribution in [0, 0.1) is 16.7 Å². The molecule has 0 aromatic heterocycles. The molecule has 1 aliphatic heterocycles. The lowest BCUT2D eigenvalue weighted by atomic mass is 9.44. The van der Waals surface area contributed by atoms with E-state index in [4.69, 9.17) is 33.2 Å². The van der Waals surface area contributed by atoms with Gasteiger partial charge in [0.25, 0.3) is 0 Å². The number of hydrogen-bond acceptors (Lipinski definition) is 14. The number of carbonyl (C=O) groups excluding carboxylic acids is 5. The number of rotatable bonds is 10. The minimum Gasteiger partial charge on any atom is -0.456 e. The fourth-order valence-corrected chi connectivity index (χ4v) is 10.1. The molecular formula is C45H57NO14. The van der Waals surface area contributed by atoms with Crippen LogP contribution in [0.5, 0.6) is 0 Å². The summed E-state index contributed by atoms with van der Waals surface area (Å²) in [6, 6.07) is 15.1. The third-order valence-electron chi connectivity index (χ3n) is 13.0. The molecule has 3 fully saturated rings. The number of ether oxygens (including phenoxy) is 7. The normalized spacial score (nSPS) is 33.0. The SMILES string of the molecule is COC1C(=O)C2(C)C(OC)CC3OCC3(OC(C)=O)C2C(OC(=O)c2ccccc2)C2(O)CC(OC(=O)[C@H](O)[C@@H](NC(=O)OC(C)(C)C)c3ccccc3)C(C)=C1C2(C)C. The van der Waals surface area contributed by atoms with Crippen LogP contribution < -0.4 is 5.32 Å². The third-order valence-corrected chi connectivity index (χ3v) is 13.0. The number of carbonyl (C=O) groups is 5. The van der Waals surface area contributed by atoms with Crippen molar-refractivity contribution in [2.45, 2.75) is 128 Å².